The highest BCUT2D eigenvalue weighted by molar-refractivity contribution is 5.88. The van der Waals surface area contributed by atoms with Gasteiger partial charge in [0.25, 0.3) is 0 Å². The summed E-state index contributed by atoms with van der Waals surface area (Å²) in [6.45, 7) is 2.74. The van der Waals surface area contributed by atoms with E-state index in [1.165, 1.54) is 5.56 Å². The molecule has 2 aromatic rings. The van der Waals surface area contributed by atoms with E-state index in [0.29, 0.717) is 18.2 Å². The Morgan fingerprint density at radius 1 is 1.20 bits per heavy atom. The fraction of sp³-hybridized carbons (Fsp3) is 0.250. The van der Waals surface area contributed by atoms with Crippen LogP contribution in [0.15, 0.2) is 54.9 Å². The van der Waals surface area contributed by atoms with Crippen molar-refractivity contribution in [2.24, 2.45) is 0 Å². The molecule has 20 heavy (non-hydrogen) atoms. The van der Waals surface area contributed by atoms with Gasteiger partial charge in [-0.1, -0.05) is 37.3 Å². The van der Waals surface area contributed by atoms with Gasteiger partial charge in [-0.25, -0.2) is 4.79 Å². The minimum absolute atomic E-state index is 0.201. The predicted molar refractivity (Wildman–Crippen MR) is 80.7 cm³/mol. The number of hydrogen-bond donors (Lipinski definition) is 2. The number of rotatable bonds is 5. The molecule has 1 heterocycles. The van der Waals surface area contributed by atoms with E-state index in [2.05, 4.69) is 34.7 Å². The van der Waals surface area contributed by atoms with E-state index in [0.717, 1.165) is 6.42 Å². The third-order valence-electron chi connectivity index (χ3n) is 3.19. The number of benzene rings is 1. The molecule has 2 rings (SSSR count). The second-order valence-corrected chi connectivity index (χ2v) is 4.59. The molecule has 0 bridgehead atoms. The summed E-state index contributed by atoms with van der Waals surface area (Å²) >= 11 is 0. The molecule has 0 aliphatic rings. The molecule has 2 N–H and O–H groups in total. The second kappa shape index (κ2) is 7.28. The lowest BCUT2D eigenvalue weighted by molar-refractivity contribution is 0.251. The first kappa shape index (κ1) is 14.1. The first-order chi connectivity index (χ1) is 9.79. The van der Waals surface area contributed by atoms with E-state index in [9.17, 15) is 4.79 Å². The molecule has 104 valence electrons. The molecule has 0 saturated heterocycles. The Morgan fingerprint density at radius 3 is 2.65 bits per heavy atom. The van der Waals surface area contributed by atoms with Crippen molar-refractivity contribution in [2.45, 2.75) is 19.3 Å². The van der Waals surface area contributed by atoms with Gasteiger partial charge in [0.05, 0.1) is 11.9 Å². The van der Waals surface area contributed by atoms with Crippen molar-refractivity contribution >= 4 is 11.7 Å². The molecular formula is C16H19N3O. The summed E-state index contributed by atoms with van der Waals surface area (Å²) in [6, 6.07) is 13.6. The van der Waals surface area contributed by atoms with Crippen LogP contribution in [0.5, 0.6) is 0 Å². The van der Waals surface area contributed by atoms with Crippen molar-refractivity contribution in [2.75, 3.05) is 11.9 Å². The van der Waals surface area contributed by atoms with E-state index in [4.69, 9.17) is 0 Å². The lowest BCUT2D eigenvalue weighted by atomic mass is 9.97. The van der Waals surface area contributed by atoms with Crippen molar-refractivity contribution in [3.05, 3.63) is 60.4 Å². The molecule has 4 nitrogen and oxygen atoms in total. The molecule has 1 unspecified atom stereocenters. The van der Waals surface area contributed by atoms with Crippen LogP contribution in [0.2, 0.25) is 0 Å². The molecule has 4 heteroatoms. The van der Waals surface area contributed by atoms with E-state index >= 15 is 0 Å². The van der Waals surface area contributed by atoms with Crippen molar-refractivity contribution in [3.8, 4) is 0 Å². The zero-order valence-electron chi connectivity index (χ0n) is 11.5. The number of carbonyl (C=O) groups is 1. The quantitative estimate of drug-likeness (QED) is 0.874. The zero-order chi connectivity index (χ0) is 14.2. The van der Waals surface area contributed by atoms with Gasteiger partial charge < -0.3 is 10.6 Å². The Kier molecular flexibility index (Phi) is 5.12. The number of nitrogens with one attached hydrogen (secondary N) is 2. The molecule has 2 amide bonds. The highest BCUT2D eigenvalue weighted by Gasteiger charge is 2.10. The molecule has 0 spiro atoms. The van der Waals surface area contributed by atoms with Crippen LogP contribution in [0.3, 0.4) is 0 Å². The summed E-state index contributed by atoms with van der Waals surface area (Å²) in [4.78, 5) is 15.8. The van der Waals surface area contributed by atoms with Crippen molar-refractivity contribution < 1.29 is 4.79 Å². The van der Waals surface area contributed by atoms with E-state index in [1.807, 2.05) is 18.2 Å². The highest BCUT2D eigenvalue weighted by Crippen LogP contribution is 2.17. The molecule has 0 aliphatic heterocycles. The Labute approximate surface area is 119 Å². The number of hydrogen-bond acceptors (Lipinski definition) is 2. The van der Waals surface area contributed by atoms with Crippen molar-refractivity contribution in [3.63, 3.8) is 0 Å². The maximum atomic E-state index is 11.8. The summed E-state index contributed by atoms with van der Waals surface area (Å²) in [5.41, 5.74) is 1.94. The Balaban J connectivity index is 1.86. The molecule has 1 aromatic heterocycles. The van der Waals surface area contributed by atoms with Gasteiger partial charge in [-0.2, -0.15) is 0 Å². The average molecular weight is 269 g/mol. The van der Waals surface area contributed by atoms with Crippen molar-refractivity contribution in [1.29, 1.82) is 0 Å². The van der Waals surface area contributed by atoms with Gasteiger partial charge in [0.1, 0.15) is 0 Å². The summed E-state index contributed by atoms with van der Waals surface area (Å²) in [5, 5.41) is 5.66. The molecule has 0 fully saturated rings. The zero-order valence-corrected chi connectivity index (χ0v) is 11.5. The topological polar surface area (TPSA) is 54.0 Å². The van der Waals surface area contributed by atoms with Crippen LogP contribution in [0.1, 0.15) is 24.8 Å². The molecular weight excluding hydrogens is 250 g/mol. The Bertz CT molecular complexity index is 528. The summed E-state index contributed by atoms with van der Waals surface area (Å²) in [7, 11) is 0. The van der Waals surface area contributed by atoms with Gasteiger partial charge in [0.15, 0.2) is 0 Å². The van der Waals surface area contributed by atoms with Crippen LogP contribution in [0.4, 0.5) is 10.5 Å². The number of anilines is 1. The number of urea groups is 1. The number of carbonyl (C=O) groups excluding carboxylic acids is 1. The van der Waals surface area contributed by atoms with Gasteiger partial charge in [-0.05, 0) is 24.1 Å². The largest absolute Gasteiger partial charge is 0.337 e. The van der Waals surface area contributed by atoms with Crippen LogP contribution in [-0.2, 0) is 0 Å². The molecule has 0 aliphatic carbocycles. The minimum Gasteiger partial charge on any atom is -0.337 e. The number of amides is 2. The Hall–Kier alpha value is -2.36. The van der Waals surface area contributed by atoms with Crippen LogP contribution in [0.25, 0.3) is 0 Å². The van der Waals surface area contributed by atoms with Gasteiger partial charge in [-0.15, -0.1) is 0 Å². The second-order valence-electron chi connectivity index (χ2n) is 4.59. The number of aromatic nitrogens is 1. The van der Waals surface area contributed by atoms with E-state index < -0.39 is 0 Å². The van der Waals surface area contributed by atoms with Gasteiger partial charge in [-0.3, -0.25) is 4.98 Å². The minimum atomic E-state index is -0.201. The fourth-order valence-electron chi connectivity index (χ4n) is 2.05. The standard InChI is InChI=1S/C16H19N3O/c1-2-13(14-7-4-3-5-8-14)11-18-16(20)19-15-9-6-10-17-12-15/h3-10,12-13H,2,11H2,1H3,(H2,18,19,20). The third kappa shape index (κ3) is 4.09. The summed E-state index contributed by atoms with van der Waals surface area (Å²) in [6.07, 6.45) is 4.27. The normalized spacial score (nSPS) is 11.7. The average Bonchev–Trinajstić information content (AvgIpc) is 2.50. The third-order valence-corrected chi connectivity index (χ3v) is 3.19. The van der Waals surface area contributed by atoms with E-state index in [-0.39, 0.29) is 6.03 Å². The first-order valence-corrected chi connectivity index (χ1v) is 6.79. The van der Waals surface area contributed by atoms with Crippen LogP contribution in [0, 0.1) is 0 Å². The SMILES string of the molecule is CCC(CNC(=O)Nc1cccnc1)c1ccccc1. The lowest BCUT2D eigenvalue weighted by Crippen LogP contribution is -2.32. The number of nitrogens with zero attached hydrogens (tertiary/aromatic N) is 1. The lowest BCUT2D eigenvalue weighted by Gasteiger charge is -2.16. The fourth-order valence-corrected chi connectivity index (χ4v) is 2.05. The first-order valence-electron chi connectivity index (χ1n) is 6.79. The summed E-state index contributed by atoms with van der Waals surface area (Å²) < 4.78 is 0. The van der Waals surface area contributed by atoms with Crippen molar-refractivity contribution in [1.82, 2.24) is 10.3 Å². The van der Waals surface area contributed by atoms with Crippen LogP contribution in [-0.4, -0.2) is 17.6 Å². The van der Waals surface area contributed by atoms with Gasteiger partial charge in [0, 0.05) is 18.7 Å². The van der Waals surface area contributed by atoms with E-state index in [1.54, 1.807) is 24.5 Å². The Morgan fingerprint density at radius 2 is 2.00 bits per heavy atom. The smallest absolute Gasteiger partial charge is 0.319 e. The van der Waals surface area contributed by atoms with Crippen LogP contribution >= 0.6 is 0 Å². The number of pyridine rings is 1. The maximum absolute atomic E-state index is 11.8. The molecule has 0 saturated carbocycles. The monoisotopic (exact) mass is 269 g/mol. The molecule has 1 atom stereocenters. The highest BCUT2D eigenvalue weighted by atomic mass is 16.2. The van der Waals surface area contributed by atoms with Crippen LogP contribution < -0.4 is 10.6 Å². The summed E-state index contributed by atoms with van der Waals surface area (Å²) in [5.74, 6) is 0.329. The molecule has 0 radical (unpaired) electrons. The predicted octanol–water partition coefficient (Wildman–Crippen LogP) is 3.40. The molecule has 1 aromatic carbocycles. The maximum Gasteiger partial charge on any atom is 0.319 e. The van der Waals surface area contributed by atoms with Gasteiger partial charge in [0.2, 0.25) is 0 Å². The van der Waals surface area contributed by atoms with Gasteiger partial charge >= 0.3 is 6.03 Å².